The maximum absolute atomic E-state index is 12.3. The molecule has 0 unspecified atom stereocenters. The summed E-state index contributed by atoms with van der Waals surface area (Å²) in [4.78, 5) is 26.6. The van der Waals surface area contributed by atoms with Gasteiger partial charge in [-0.1, -0.05) is 31.4 Å². The molecule has 0 spiro atoms. The van der Waals surface area contributed by atoms with Crippen LogP contribution in [0.2, 0.25) is 0 Å². The summed E-state index contributed by atoms with van der Waals surface area (Å²) in [6, 6.07) is 8.09. The van der Waals surface area contributed by atoms with Gasteiger partial charge in [0.25, 0.3) is 0 Å². The second-order valence-corrected chi connectivity index (χ2v) is 8.39. The summed E-state index contributed by atoms with van der Waals surface area (Å²) in [6.07, 6.45) is 7.65. The van der Waals surface area contributed by atoms with Crippen LogP contribution in [-0.4, -0.2) is 48.6 Å². The van der Waals surface area contributed by atoms with Gasteiger partial charge in [-0.15, -0.1) is 0 Å². The van der Waals surface area contributed by atoms with Gasteiger partial charge in [0.2, 0.25) is 5.91 Å². The molecule has 7 heteroatoms. The molecule has 1 saturated heterocycles. The van der Waals surface area contributed by atoms with Gasteiger partial charge in [-0.2, -0.15) is 0 Å². The van der Waals surface area contributed by atoms with E-state index < -0.39 is 0 Å². The van der Waals surface area contributed by atoms with Crippen LogP contribution >= 0.6 is 15.9 Å². The van der Waals surface area contributed by atoms with E-state index >= 15 is 0 Å². The van der Waals surface area contributed by atoms with Crippen LogP contribution in [0.1, 0.15) is 44.9 Å². The van der Waals surface area contributed by atoms with Crippen molar-refractivity contribution in [2.24, 2.45) is 0 Å². The highest BCUT2D eigenvalue weighted by atomic mass is 79.9. The minimum Gasteiger partial charge on any atom is -0.335 e. The number of para-hydroxylation sites is 1. The molecule has 3 N–H and O–H groups in total. The topological polar surface area (TPSA) is 73.5 Å². The van der Waals surface area contributed by atoms with E-state index in [1.54, 1.807) is 0 Å². The first kappa shape index (κ1) is 20.1. The molecule has 1 aromatic rings. The maximum Gasteiger partial charge on any atom is 0.315 e. The van der Waals surface area contributed by atoms with Crippen LogP contribution < -0.4 is 16.0 Å². The van der Waals surface area contributed by atoms with Gasteiger partial charge in [0, 0.05) is 29.6 Å². The number of piperidine rings is 1. The number of carbonyl (C=O) groups is 2. The summed E-state index contributed by atoms with van der Waals surface area (Å²) >= 11 is 3.44. The van der Waals surface area contributed by atoms with Crippen LogP contribution in [0.15, 0.2) is 28.7 Å². The van der Waals surface area contributed by atoms with E-state index in [1.807, 2.05) is 24.3 Å². The van der Waals surface area contributed by atoms with E-state index in [1.165, 1.54) is 19.3 Å². The van der Waals surface area contributed by atoms with Gasteiger partial charge in [0.15, 0.2) is 0 Å². The number of halogens is 1. The van der Waals surface area contributed by atoms with Gasteiger partial charge >= 0.3 is 6.03 Å². The van der Waals surface area contributed by atoms with Crippen molar-refractivity contribution >= 4 is 33.6 Å². The van der Waals surface area contributed by atoms with Crippen molar-refractivity contribution < 1.29 is 9.59 Å². The van der Waals surface area contributed by atoms with Crippen LogP contribution in [0, 0.1) is 0 Å². The van der Waals surface area contributed by atoms with Gasteiger partial charge in [-0.05, 0) is 53.7 Å². The van der Waals surface area contributed by atoms with Crippen LogP contribution in [-0.2, 0) is 4.79 Å². The van der Waals surface area contributed by atoms with Crippen LogP contribution in [0.5, 0.6) is 0 Å². The molecule has 3 rings (SSSR count). The third-order valence-electron chi connectivity index (χ3n) is 5.38. The number of anilines is 1. The smallest absolute Gasteiger partial charge is 0.315 e. The molecule has 0 aromatic heterocycles. The van der Waals surface area contributed by atoms with Crippen LogP contribution in [0.25, 0.3) is 0 Å². The van der Waals surface area contributed by atoms with Gasteiger partial charge in [0.1, 0.15) is 0 Å². The predicted molar refractivity (Wildman–Crippen MR) is 111 cm³/mol. The summed E-state index contributed by atoms with van der Waals surface area (Å²) in [7, 11) is 0. The van der Waals surface area contributed by atoms with E-state index in [2.05, 4.69) is 36.8 Å². The first-order valence-corrected chi connectivity index (χ1v) is 10.7. The fraction of sp³-hybridized carbons (Fsp3) is 0.600. The van der Waals surface area contributed by atoms with Crippen molar-refractivity contribution in [1.29, 1.82) is 0 Å². The highest BCUT2D eigenvalue weighted by molar-refractivity contribution is 9.10. The normalized spacial score (nSPS) is 19.4. The van der Waals surface area contributed by atoms with Crippen LogP contribution in [0.4, 0.5) is 10.5 Å². The third kappa shape index (κ3) is 6.50. The number of amides is 3. The summed E-state index contributed by atoms with van der Waals surface area (Å²) in [5, 5.41) is 9.15. The zero-order valence-electron chi connectivity index (χ0n) is 15.7. The lowest BCUT2D eigenvalue weighted by Gasteiger charge is -2.32. The number of likely N-dealkylation sites (tertiary alicyclic amines) is 1. The van der Waals surface area contributed by atoms with Crippen LogP contribution in [0.3, 0.4) is 0 Å². The molecule has 1 aromatic carbocycles. The molecule has 2 aliphatic rings. The summed E-state index contributed by atoms with van der Waals surface area (Å²) in [5.41, 5.74) is 0.790. The summed E-state index contributed by atoms with van der Waals surface area (Å²) in [5.74, 6) is -0.0108. The molecule has 148 valence electrons. The van der Waals surface area contributed by atoms with Crippen molar-refractivity contribution in [2.45, 2.75) is 57.0 Å². The lowest BCUT2D eigenvalue weighted by Crippen LogP contribution is -2.51. The standard InChI is InChI=1S/C20H29BrN4O2/c21-17-8-4-5-9-18(17)24-19(26)14-25-12-10-16(11-13-25)23-20(27)22-15-6-2-1-3-7-15/h4-5,8-9,15-16H,1-3,6-7,10-14H2,(H,24,26)(H2,22,23,27). The minimum absolute atomic E-state index is 0.0108. The van der Waals surface area contributed by atoms with E-state index in [-0.39, 0.29) is 18.0 Å². The average Bonchev–Trinajstić information content (AvgIpc) is 2.66. The zero-order valence-corrected chi connectivity index (χ0v) is 17.3. The largest absolute Gasteiger partial charge is 0.335 e. The third-order valence-corrected chi connectivity index (χ3v) is 6.07. The minimum atomic E-state index is -0.0352. The number of rotatable bonds is 5. The maximum atomic E-state index is 12.3. The Kier molecular flexibility index (Phi) is 7.52. The molecule has 1 heterocycles. The van der Waals surface area contributed by atoms with E-state index in [4.69, 9.17) is 0 Å². The Balaban J connectivity index is 1.35. The molecule has 1 aliphatic carbocycles. The number of nitrogens with zero attached hydrogens (tertiary/aromatic N) is 1. The predicted octanol–water partition coefficient (Wildman–Crippen LogP) is 3.48. The number of hydrogen-bond acceptors (Lipinski definition) is 3. The number of carbonyl (C=O) groups excluding carboxylic acids is 2. The average molecular weight is 437 g/mol. The lowest BCUT2D eigenvalue weighted by molar-refractivity contribution is -0.117. The SMILES string of the molecule is O=C(CN1CCC(NC(=O)NC2CCCCC2)CC1)Nc1ccccc1Br. The van der Waals surface area contributed by atoms with Crippen molar-refractivity contribution in [3.63, 3.8) is 0 Å². The zero-order chi connectivity index (χ0) is 19.1. The molecule has 1 aliphatic heterocycles. The van der Waals surface area contributed by atoms with Crippen molar-refractivity contribution in [1.82, 2.24) is 15.5 Å². The van der Waals surface area contributed by atoms with Crippen molar-refractivity contribution in [2.75, 3.05) is 25.0 Å². The number of benzene rings is 1. The van der Waals surface area contributed by atoms with E-state index in [0.29, 0.717) is 12.6 Å². The fourth-order valence-corrected chi connectivity index (χ4v) is 4.23. The fourth-order valence-electron chi connectivity index (χ4n) is 3.85. The molecule has 0 atom stereocenters. The second-order valence-electron chi connectivity index (χ2n) is 7.53. The number of nitrogens with one attached hydrogen (secondary N) is 3. The molecule has 0 bridgehead atoms. The van der Waals surface area contributed by atoms with E-state index in [0.717, 1.165) is 48.9 Å². The van der Waals surface area contributed by atoms with Gasteiger partial charge in [0.05, 0.1) is 12.2 Å². The molecule has 1 saturated carbocycles. The second kappa shape index (κ2) is 10.1. The van der Waals surface area contributed by atoms with E-state index in [9.17, 15) is 9.59 Å². The molecule has 2 fully saturated rings. The molecule has 0 radical (unpaired) electrons. The first-order valence-electron chi connectivity index (χ1n) is 9.94. The first-order chi connectivity index (χ1) is 13.1. The Labute approximate surface area is 169 Å². The number of urea groups is 1. The molecule has 27 heavy (non-hydrogen) atoms. The summed E-state index contributed by atoms with van der Waals surface area (Å²) < 4.78 is 0.880. The Hall–Kier alpha value is -1.60. The molecule has 3 amide bonds. The van der Waals surface area contributed by atoms with Gasteiger partial charge < -0.3 is 16.0 Å². The van der Waals surface area contributed by atoms with Gasteiger partial charge in [-0.3, -0.25) is 9.69 Å². The highest BCUT2D eigenvalue weighted by Crippen LogP contribution is 2.21. The number of hydrogen-bond donors (Lipinski definition) is 3. The monoisotopic (exact) mass is 436 g/mol. The van der Waals surface area contributed by atoms with Crippen molar-refractivity contribution in [3.8, 4) is 0 Å². The Morgan fingerprint density at radius 3 is 2.26 bits per heavy atom. The molecule has 6 nitrogen and oxygen atoms in total. The van der Waals surface area contributed by atoms with Crippen molar-refractivity contribution in [3.05, 3.63) is 28.7 Å². The Morgan fingerprint density at radius 1 is 0.963 bits per heavy atom. The van der Waals surface area contributed by atoms with Gasteiger partial charge in [-0.25, -0.2) is 4.79 Å². The Morgan fingerprint density at radius 2 is 1.59 bits per heavy atom. The quantitative estimate of drug-likeness (QED) is 0.661. The molecular weight excluding hydrogens is 408 g/mol. The Bertz CT molecular complexity index is 641. The highest BCUT2D eigenvalue weighted by Gasteiger charge is 2.23. The molecular formula is C20H29BrN4O2. The summed E-state index contributed by atoms with van der Waals surface area (Å²) in [6.45, 7) is 2.01. The lowest BCUT2D eigenvalue weighted by atomic mass is 9.96.